The summed E-state index contributed by atoms with van der Waals surface area (Å²) >= 11 is 0. The molecule has 0 bridgehead atoms. The molecule has 2 nitrogen and oxygen atoms in total. The maximum Gasteiger partial charge on any atom is 0.0321 e. The van der Waals surface area contributed by atoms with Gasteiger partial charge < -0.3 is 0 Å². The second kappa shape index (κ2) is 6.53. The summed E-state index contributed by atoms with van der Waals surface area (Å²) in [6.45, 7) is 14.0. The first-order valence-corrected chi connectivity index (χ1v) is 7.68. The van der Waals surface area contributed by atoms with E-state index in [0.29, 0.717) is 12.1 Å². The Morgan fingerprint density at radius 2 is 1.63 bits per heavy atom. The fourth-order valence-electron chi connectivity index (χ4n) is 2.92. The van der Waals surface area contributed by atoms with E-state index >= 15 is 0 Å². The van der Waals surface area contributed by atoms with Crippen LogP contribution in [0.4, 0.5) is 0 Å². The van der Waals surface area contributed by atoms with E-state index in [4.69, 9.17) is 0 Å². The topological polar surface area (TPSA) is 6.48 Å². The van der Waals surface area contributed by atoms with Crippen LogP contribution in [0.1, 0.15) is 44.9 Å². The largest absolute Gasteiger partial charge is 0.298 e. The molecule has 1 aromatic rings. The molecule has 0 spiro atoms. The lowest BCUT2D eigenvalue weighted by Crippen LogP contribution is -2.49. The van der Waals surface area contributed by atoms with E-state index in [9.17, 15) is 0 Å². The Bertz CT molecular complexity index is 392. The summed E-state index contributed by atoms with van der Waals surface area (Å²) < 4.78 is 0. The van der Waals surface area contributed by atoms with Crippen LogP contribution in [0.15, 0.2) is 24.3 Å². The van der Waals surface area contributed by atoms with E-state index in [0.717, 1.165) is 6.42 Å². The van der Waals surface area contributed by atoms with Gasteiger partial charge in [0.15, 0.2) is 0 Å². The van der Waals surface area contributed by atoms with Crippen molar-refractivity contribution in [1.82, 2.24) is 9.80 Å². The molecule has 0 saturated carbocycles. The maximum absolute atomic E-state index is 2.62. The van der Waals surface area contributed by atoms with Crippen LogP contribution in [0.5, 0.6) is 0 Å². The summed E-state index contributed by atoms with van der Waals surface area (Å²) in [6, 6.07) is 10.3. The van der Waals surface area contributed by atoms with Gasteiger partial charge in [0.2, 0.25) is 0 Å². The first-order valence-electron chi connectivity index (χ1n) is 7.68. The molecule has 1 aliphatic heterocycles. The lowest BCUT2D eigenvalue weighted by atomic mass is 10.0. The van der Waals surface area contributed by atoms with Gasteiger partial charge in [0.1, 0.15) is 0 Å². The Morgan fingerprint density at radius 1 is 1.00 bits per heavy atom. The maximum atomic E-state index is 2.62. The summed E-state index contributed by atoms with van der Waals surface area (Å²) in [4.78, 5) is 5.19. The molecule has 1 atom stereocenters. The molecule has 1 heterocycles. The molecule has 2 rings (SSSR count). The van der Waals surface area contributed by atoms with Crippen LogP contribution in [0.25, 0.3) is 0 Å². The van der Waals surface area contributed by atoms with Crippen LogP contribution in [-0.2, 0) is 6.42 Å². The molecule has 0 radical (unpaired) electrons. The monoisotopic (exact) mass is 260 g/mol. The van der Waals surface area contributed by atoms with Crippen LogP contribution in [0.3, 0.4) is 0 Å². The highest BCUT2D eigenvalue weighted by Gasteiger charge is 2.23. The van der Waals surface area contributed by atoms with E-state index in [1.165, 1.54) is 37.3 Å². The van der Waals surface area contributed by atoms with Crippen molar-refractivity contribution < 1.29 is 0 Å². The zero-order valence-corrected chi connectivity index (χ0v) is 12.9. The molecule has 1 aliphatic rings. The van der Waals surface area contributed by atoms with Crippen molar-refractivity contribution in [3.05, 3.63) is 35.4 Å². The van der Waals surface area contributed by atoms with Gasteiger partial charge in [-0.3, -0.25) is 9.80 Å². The second-order valence-electron chi connectivity index (χ2n) is 5.94. The number of hydrogen-bond acceptors (Lipinski definition) is 2. The Labute approximate surface area is 118 Å². The fraction of sp³-hybridized carbons (Fsp3) is 0.647. The predicted octanol–water partition coefficient (Wildman–Crippen LogP) is 3.34. The van der Waals surface area contributed by atoms with Gasteiger partial charge in [-0.2, -0.15) is 0 Å². The summed E-state index contributed by atoms with van der Waals surface area (Å²) in [5.74, 6) is 0. The van der Waals surface area contributed by atoms with Gasteiger partial charge in [0, 0.05) is 38.3 Å². The first-order chi connectivity index (χ1) is 9.11. The normalized spacial score (nSPS) is 19.8. The van der Waals surface area contributed by atoms with Crippen LogP contribution in [0.2, 0.25) is 0 Å². The quantitative estimate of drug-likeness (QED) is 0.819. The minimum absolute atomic E-state index is 0.542. The third-order valence-electron chi connectivity index (χ3n) is 4.47. The molecular weight excluding hydrogens is 232 g/mol. The summed E-state index contributed by atoms with van der Waals surface area (Å²) in [5.41, 5.74) is 2.92. The van der Waals surface area contributed by atoms with Crippen molar-refractivity contribution in [2.24, 2.45) is 0 Å². The zero-order chi connectivity index (χ0) is 13.8. The molecule has 0 amide bonds. The van der Waals surface area contributed by atoms with Crippen molar-refractivity contribution in [2.75, 3.05) is 26.2 Å². The van der Waals surface area contributed by atoms with Crippen molar-refractivity contribution in [2.45, 2.75) is 46.2 Å². The number of nitrogens with zero attached hydrogens (tertiary/aromatic N) is 2. The van der Waals surface area contributed by atoms with Crippen molar-refractivity contribution in [1.29, 1.82) is 0 Å². The van der Waals surface area contributed by atoms with Crippen LogP contribution in [0, 0.1) is 0 Å². The molecule has 1 aromatic carbocycles. The number of aryl methyl sites for hydroxylation is 1. The number of piperazine rings is 1. The summed E-state index contributed by atoms with van der Waals surface area (Å²) in [6.07, 6.45) is 1.13. The Morgan fingerprint density at radius 3 is 2.21 bits per heavy atom. The second-order valence-corrected chi connectivity index (χ2v) is 5.94. The summed E-state index contributed by atoms with van der Waals surface area (Å²) in [5, 5.41) is 0. The zero-order valence-electron chi connectivity index (χ0n) is 12.9. The van der Waals surface area contributed by atoms with E-state index in [-0.39, 0.29) is 0 Å². The van der Waals surface area contributed by atoms with Crippen LogP contribution < -0.4 is 0 Å². The van der Waals surface area contributed by atoms with Gasteiger partial charge in [-0.1, -0.05) is 31.2 Å². The Kier molecular flexibility index (Phi) is 5.00. The lowest BCUT2D eigenvalue weighted by Gasteiger charge is -2.40. The molecule has 0 aromatic heterocycles. The van der Waals surface area contributed by atoms with Crippen LogP contribution in [-0.4, -0.2) is 42.0 Å². The SMILES string of the molecule is CCc1cccc([C@@H](C)N2CCN(C(C)C)CC2)c1. The van der Waals surface area contributed by atoms with Crippen molar-refractivity contribution in [3.8, 4) is 0 Å². The molecule has 19 heavy (non-hydrogen) atoms. The molecular formula is C17H28N2. The molecule has 0 N–H and O–H groups in total. The number of rotatable bonds is 4. The highest BCUT2D eigenvalue weighted by molar-refractivity contribution is 5.25. The molecule has 0 aliphatic carbocycles. The van der Waals surface area contributed by atoms with E-state index < -0.39 is 0 Å². The van der Waals surface area contributed by atoms with Gasteiger partial charge >= 0.3 is 0 Å². The van der Waals surface area contributed by atoms with Gasteiger partial charge in [-0.15, -0.1) is 0 Å². The average Bonchev–Trinajstić information content (AvgIpc) is 2.46. The van der Waals surface area contributed by atoms with Crippen molar-refractivity contribution >= 4 is 0 Å². The van der Waals surface area contributed by atoms with Gasteiger partial charge in [0.05, 0.1) is 0 Å². The highest BCUT2D eigenvalue weighted by atomic mass is 15.3. The van der Waals surface area contributed by atoms with Gasteiger partial charge in [-0.05, 0) is 38.3 Å². The van der Waals surface area contributed by atoms with Gasteiger partial charge in [0.25, 0.3) is 0 Å². The minimum atomic E-state index is 0.542. The molecule has 2 heteroatoms. The van der Waals surface area contributed by atoms with Crippen LogP contribution >= 0.6 is 0 Å². The van der Waals surface area contributed by atoms with E-state index in [1.807, 2.05) is 0 Å². The van der Waals surface area contributed by atoms with E-state index in [2.05, 4.69) is 61.8 Å². The first kappa shape index (κ1) is 14.5. The smallest absolute Gasteiger partial charge is 0.0321 e. The Balaban J connectivity index is 1.98. The third-order valence-corrected chi connectivity index (χ3v) is 4.47. The predicted molar refractivity (Wildman–Crippen MR) is 82.5 cm³/mol. The summed E-state index contributed by atoms with van der Waals surface area (Å²) in [7, 11) is 0. The van der Waals surface area contributed by atoms with Crippen molar-refractivity contribution in [3.63, 3.8) is 0 Å². The standard InChI is InChI=1S/C17H28N2/c1-5-16-7-6-8-17(13-16)15(4)19-11-9-18(10-12-19)14(2)3/h6-8,13-15H,5,9-12H2,1-4H3/t15-/m1/s1. The van der Waals surface area contributed by atoms with Gasteiger partial charge in [-0.25, -0.2) is 0 Å². The molecule has 106 valence electrons. The fourth-order valence-corrected chi connectivity index (χ4v) is 2.92. The molecule has 1 saturated heterocycles. The third kappa shape index (κ3) is 3.58. The molecule has 0 unspecified atom stereocenters. The highest BCUT2D eigenvalue weighted by Crippen LogP contribution is 2.23. The minimum Gasteiger partial charge on any atom is -0.298 e. The number of benzene rings is 1. The lowest BCUT2D eigenvalue weighted by molar-refractivity contribution is 0.0833. The number of hydrogen-bond donors (Lipinski definition) is 0. The molecule has 1 fully saturated rings. The Hall–Kier alpha value is -0.860. The average molecular weight is 260 g/mol. The van der Waals surface area contributed by atoms with E-state index in [1.54, 1.807) is 0 Å².